The van der Waals surface area contributed by atoms with Crippen molar-refractivity contribution in [2.75, 3.05) is 7.11 Å². The summed E-state index contributed by atoms with van der Waals surface area (Å²) in [4.78, 5) is 0. The van der Waals surface area contributed by atoms with Gasteiger partial charge in [0.05, 0.1) is 5.60 Å². The zero-order valence-corrected chi connectivity index (χ0v) is 10.2. The van der Waals surface area contributed by atoms with Crippen molar-refractivity contribution in [3.05, 3.63) is 24.0 Å². The summed E-state index contributed by atoms with van der Waals surface area (Å²) >= 11 is 0. The van der Waals surface area contributed by atoms with E-state index in [2.05, 4.69) is 30.7 Å². The Bertz CT molecular complexity index is 302. The van der Waals surface area contributed by atoms with E-state index in [-0.39, 0.29) is 11.6 Å². The number of nitrogens with zero attached hydrogens (tertiary/aromatic N) is 1. The fourth-order valence-corrected chi connectivity index (χ4v) is 1.54. The monoisotopic (exact) mass is 210 g/mol. The molecule has 0 saturated heterocycles. The second kappa shape index (κ2) is 4.81. The van der Waals surface area contributed by atoms with Crippen LogP contribution < -0.4 is 5.73 Å². The Morgan fingerprint density at radius 3 is 2.73 bits per heavy atom. The number of aromatic nitrogens is 1. The van der Waals surface area contributed by atoms with Gasteiger partial charge in [-0.05, 0) is 39.3 Å². The fourth-order valence-electron chi connectivity index (χ4n) is 1.54. The van der Waals surface area contributed by atoms with E-state index in [9.17, 15) is 0 Å². The summed E-state index contributed by atoms with van der Waals surface area (Å²) in [7, 11) is 1.75. The number of methoxy groups -OCH3 is 1. The molecule has 0 amide bonds. The van der Waals surface area contributed by atoms with Gasteiger partial charge in [-0.2, -0.15) is 0 Å². The van der Waals surface area contributed by atoms with Gasteiger partial charge >= 0.3 is 0 Å². The van der Waals surface area contributed by atoms with Gasteiger partial charge in [0.2, 0.25) is 0 Å². The van der Waals surface area contributed by atoms with E-state index < -0.39 is 0 Å². The van der Waals surface area contributed by atoms with E-state index in [1.807, 2.05) is 13.0 Å². The topological polar surface area (TPSA) is 40.2 Å². The molecule has 0 aromatic carbocycles. The SMILES string of the molecule is COC(C)(C)CCn1cccc1C(C)N. The number of rotatable bonds is 5. The van der Waals surface area contributed by atoms with Crippen molar-refractivity contribution >= 4 is 0 Å². The fraction of sp³-hybridized carbons (Fsp3) is 0.667. The maximum atomic E-state index is 5.88. The van der Waals surface area contributed by atoms with Crippen LogP contribution in [0.5, 0.6) is 0 Å². The lowest BCUT2D eigenvalue weighted by atomic mass is 10.1. The first-order valence-corrected chi connectivity index (χ1v) is 5.42. The lowest BCUT2D eigenvalue weighted by Crippen LogP contribution is -2.25. The number of aryl methyl sites for hydroxylation is 1. The molecule has 0 radical (unpaired) electrons. The molecule has 1 rings (SSSR count). The van der Waals surface area contributed by atoms with Crippen LogP contribution in [0, 0.1) is 0 Å². The zero-order valence-electron chi connectivity index (χ0n) is 10.2. The lowest BCUT2D eigenvalue weighted by Gasteiger charge is -2.24. The predicted octanol–water partition coefficient (Wildman–Crippen LogP) is 2.32. The van der Waals surface area contributed by atoms with Crippen LogP contribution in [-0.4, -0.2) is 17.3 Å². The van der Waals surface area contributed by atoms with Crippen LogP contribution >= 0.6 is 0 Å². The Morgan fingerprint density at radius 2 is 2.20 bits per heavy atom. The number of hydrogen-bond acceptors (Lipinski definition) is 2. The van der Waals surface area contributed by atoms with E-state index in [0.29, 0.717) is 0 Å². The second-order valence-corrected chi connectivity index (χ2v) is 4.63. The molecular weight excluding hydrogens is 188 g/mol. The van der Waals surface area contributed by atoms with Gasteiger partial charge in [-0.25, -0.2) is 0 Å². The minimum atomic E-state index is -0.0701. The zero-order chi connectivity index (χ0) is 11.5. The molecule has 0 aliphatic heterocycles. The van der Waals surface area contributed by atoms with Gasteiger partial charge in [0.15, 0.2) is 0 Å². The Labute approximate surface area is 92.2 Å². The maximum absolute atomic E-state index is 5.88. The summed E-state index contributed by atoms with van der Waals surface area (Å²) in [6.07, 6.45) is 3.06. The van der Waals surface area contributed by atoms with Crippen molar-refractivity contribution in [2.24, 2.45) is 5.73 Å². The summed E-state index contributed by atoms with van der Waals surface area (Å²) in [6.45, 7) is 7.15. The van der Waals surface area contributed by atoms with Crippen molar-refractivity contribution in [3.8, 4) is 0 Å². The van der Waals surface area contributed by atoms with Crippen LogP contribution in [-0.2, 0) is 11.3 Å². The molecule has 1 atom stereocenters. The summed E-state index contributed by atoms with van der Waals surface area (Å²) in [5.41, 5.74) is 6.99. The lowest BCUT2D eigenvalue weighted by molar-refractivity contribution is 0.0119. The van der Waals surface area contributed by atoms with E-state index in [0.717, 1.165) is 13.0 Å². The van der Waals surface area contributed by atoms with Crippen LogP contribution in [0.25, 0.3) is 0 Å². The van der Waals surface area contributed by atoms with Gasteiger partial charge in [-0.15, -0.1) is 0 Å². The molecule has 0 aliphatic rings. The Morgan fingerprint density at radius 1 is 1.53 bits per heavy atom. The van der Waals surface area contributed by atoms with Crippen molar-refractivity contribution in [2.45, 2.75) is 45.4 Å². The summed E-state index contributed by atoms with van der Waals surface area (Å²) in [6, 6.07) is 4.20. The standard InChI is InChI=1S/C12H22N2O/c1-10(13)11-6-5-8-14(11)9-7-12(2,3)15-4/h5-6,8,10H,7,9,13H2,1-4H3. The van der Waals surface area contributed by atoms with E-state index >= 15 is 0 Å². The van der Waals surface area contributed by atoms with Gasteiger partial charge in [0, 0.05) is 31.6 Å². The molecular formula is C12H22N2O. The molecule has 15 heavy (non-hydrogen) atoms. The van der Waals surface area contributed by atoms with Crippen molar-refractivity contribution in [1.29, 1.82) is 0 Å². The second-order valence-electron chi connectivity index (χ2n) is 4.63. The third-order valence-electron chi connectivity index (χ3n) is 2.84. The van der Waals surface area contributed by atoms with Gasteiger partial charge in [0.1, 0.15) is 0 Å². The first-order chi connectivity index (χ1) is 6.96. The van der Waals surface area contributed by atoms with Crippen LogP contribution in [0.4, 0.5) is 0 Å². The highest BCUT2D eigenvalue weighted by Gasteiger charge is 2.16. The highest BCUT2D eigenvalue weighted by atomic mass is 16.5. The molecule has 1 aromatic rings. The average Bonchev–Trinajstić information content (AvgIpc) is 2.63. The number of hydrogen-bond donors (Lipinski definition) is 1. The molecule has 0 bridgehead atoms. The number of ether oxygens (including phenoxy) is 1. The van der Waals surface area contributed by atoms with Crippen LogP contribution in [0.15, 0.2) is 18.3 Å². The first-order valence-electron chi connectivity index (χ1n) is 5.42. The minimum absolute atomic E-state index is 0.0701. The summed E-state index contributed by atoms with van der Waals surface area (Å²) in [5.74, 6) is 0. The molecule has 1 unspecified atom stereocenters. The summed E-state index contributed by atoms with van der Waals surface area (Å²) in [5, 5.41) is 0. The highest BCUT2D eigenvalue weighted by Crippen LogP contribution is 2.17. The molecule has 0 fully saturated rings. The molecule has 86 valence electrons. The van der Waals surface area contributed by atoms with Crippen LogP contribution in [0.2, 0.25) is 0 Å². The minimum Gasteiger partial charge on any atom is -0.379 e. The molecule has 0 aliphatic carbocycles. The Hall–Kier alpha value is -0.800. The molecule has 1 heterocycles. The van der Waals surface area contributed by atoms with E-state index in [1.54, 1.807) is 7.11 Å². The van der Waals surface area contributed by atoms with Crippen molar-refractivity contribution in [1.82, 2.24) is 4.57 Å². The van der Waals surface area contributed by atoms with E-state index in [1.165, 1.54) is 5.69 Å². The third kappa shape index (κ3) is 3.36. The summed E-state index contributed by atoms with van der Waals surface area (Å²) < 4.78 is 7.59. The Balaban J connectivity index is 2.61. The van der Waals surface area contributed by atoms with Gasteiger partial charge in [-0.1, -0.05) is 0 Å². The third-order valence-corrected chi connectivity index (χ3v) is 2.84. The molecule has 1 aromatic heterocycles. The quantitative estimate of drug-likeness (QED) is 0.810. The highest BCUT2D eigenvalue weighted by molar-refractivity contribution is 5.10. The van der Waals surface area contributed by atoms with Gasteiger partial charge in [0.25, 0.3) is 0 Å². The smallest absolute Gasteiger partial charge is 0.0639 e. The van der Waals surface area contributed by atoms with E-state index in [4.69, 9.17) is 10.5 Å². The molecule has 0 saturated carbocycles. The normalized spacial score (nSPS) is 14.2. The van der Waals surface area contributed by atoms with Crippen LogP contribution in [0.3, 0.4) is 0 Å². The predicted molar refractivity (Wildman–Crippen MR) is 62.7 cm³/mol. The van der Waals surface area contributed by atoms with Crippen molar-refractivity contribution in [3.63, 3.8) is 0 Å². The molecule has 3 nitrogen and oxygen atoms in total. The number of nitrogens with two attached hydrogens (primary N) is 1. The molecule has 0 spiro atoms. The first kappa shape index (κ1) is 12.3. The van der Waals surface area contributed by atoms with Crippen molar-refractivity contribution < 1.29 is 4.74 Å². The molecule has 3 heteroatoms. The average molecular weight is 210 g/mol. The van der Waals surface area contributed by atoms with Crippen LogP contribution in [0.1, 0.15) is 38.9 Å². The largest absolute Gasteiger partial charge is 0.379 e. The maximum Gasteiger partial charge on any atom is 0.0639 e. The van der Waals surface area contributed by atoms with Gasteiger partial charge in [-0.3, -0.25) is 0 Å². The molecule has 2 N–H and O–H groups in total. The Kier molecular flexibility index (Phi) is 3.94. The van der Waals surface area contributed by atoms with Gasteiger partial charge < -0.3 is 15.0 Å².